The summed E-state index contributed by atoms with van der Waals surface area (Å²) in [7, 11) is 0. The molecule has 3 atom stereocenters. The molecule has 1 saturated carbocycles. The van der Waals surface area contributed by atoms with Crippen LogP contribution in [-0.4, -0.2) is 15.9 Å². The number of halogens is 1. The number of rotatable bonds is 3. The van der Waals surface area contributed by atoms with Crippen molar-refractivity contribution in [1.29, 1.82) is 0 Å². The van der Waals surface area contributed by atoms with E-state index in [2.05, 4.69) is 40.1 Å². The first kappa shape index (κ1) is 13.3. The molecular formula is C12H16BrN3O2. The maximum atomic E-state index is 11.0. The van der Waals surface area contributed by atoms with Gasteiger partial charge in [0.05, 0.1) is 4.92 Å². The van der Waals surface area contributed by atoms with Crippen LogP contribution in [0, 0.1) is 22.0 Å². The Kier molecular flexibility index (Phi) is 3.85. The van der Waals surface area contributed by atoms with Gasteiger partial charge in [-0.1, -0.05) is 13.8 Å². The molecule has 0 radical (unpaired) electrons. The highest BCUT2D eigenvalue weighted by atomic mass is 79.9. The maximum absolute atomic E-state index is 11.0. The SMILES string of the molecule is CC1CCC(Nc2ncc(Br)cc2[N+](=O)[O-])C1C. The second-order valence-electron chi connectivity index (χ2n) is 4.94. The van der Waals surface area contributed by atoms with Gasteiger partial charge in [-0.3, -0.25) is 10.1 Å². The minimum absolute atomic E-state index is 0.0242. The largest absolute Gasteiger partial charge is 0.361 e. The summed E-state index contributed by atoms with van der Waals surface area (Å²) in [5, 5.41) is 14.2. The van der Waals surface area contributed by atoms with E-state index in [0.29, 0.717) is 22.1 Å². The summed E-state index contributed by atoms with van der Waals surface area (Å²) in [6.45, 7) is 4.40. The van der Waals surface area contributed by atoms with E-state index in [1.54, 1.807) is 6.20 Å². The third kappa shape index (κ3) is 2.63. The Hall–Kier alpha value is -1.17. The summed E-state index contributed by atoms with van der Waals surface area (Å²) >= 11 is 3.20. The smallest absolute Gasteiger partial charge is 0.312 e. The van der Waals surface area contributed by atoms with Crippen molar-refractivity contribution in [3.63, 3.8) is 0 Å². The van der Waals surface area contributed by atoms with E-state index < -0.39 is 4.92 Å². The number of nitrogens with one attached hydrogen (secondary N) is 1. The van der Waals surface area contributed by atoms with E-state index in [-0.39, 0.29) is 11.7 Å². The number of aromatic nitrogens is 1. The summed E-state index contributed by atoms with van der Waals surface area (Å²) in [4.78, 5) is 14.7. The highest BCUT2D eigenvalue weighted by Gasteiger charge is 2.31. The molecule has 0 aromatic carbocycles. The van der Waals surface area contributed by atoms with E-state index in [4.69, 9.17) is 0 Å². The second kappa shape index (κ2) is 5.22. The van der Waals surface area contributed by atoms with Gasteiger partial charge in [-0.25, -0.2) is 4.98 Å². The predicted octanol–water partition coefficient (Wildman–Crippen LogP) is 3.60. The van der Waals surface area contributed by atoms with E-state index in [0.717, 1.165) is 12.8 Å². The first-order chi connectivity index (χ1) is 8.49. The molecule has 1 aromatic heterocycles. The molecular weight excluding hydrogens is 298 g/mol. The van der Waals surface area contributed by atoms with Gasteiger partial charge in [-0.05, 0) is 40.6 Å². The zero-order chi connectivity index (χ0) is 13.3. The van der Waals surface area contributed by atoms with Crippen molar-refractivity contribution < 1.29 is 4.92 Å². The van der Waals surface area contributed by atoms with Crippen LogP contribution < -0.4 is 5.32 Å². The molecule has 1 aliphatic carbocycles. The van der Waals surface area contributed by atoms with E-state index in [1.165, 1.54) is 6.07 Å². The zero-order valence-corrected chi connectivity index (χ0v) is 12.0. The Bertz CT molecular complexity index is 467. The lowest BCUT2D eigenvalue weighted by Gasteiger charge is -2.20. The van der Waals surface area contributed by atoms with Gasteiger partial charge in [-0.2, -0.15) is 0 Å². The van der Waals surface area contributed by atoms with Crippen LogP contribution in [0.1, 0.15) is 26.7 Å². The van der Waals surface area contributed by atoms with Crippen LogP contribution in [0.2, 0.25) is 0 Å². The topological polar surface area (TPSA) is 68.1 Å². The van der Waals surface area contributed by atoms with Crippen molar-refractivity contribution in [2.45, 2.75) is 32.7 Å². The van der Waals surface area contributed by atoms with Crippen molar-refractivity contribution in [2.75, 3.05) is 5.32 Å². The minimum atomic E-state index is -0.400. The minimum Gasteiger partial charge on any atom is -0.361 e. The Morgan fingerprint density at radius 3 is 2.78 bits per heavy atom. The Balaban J connectivity index is 2.21. The van der Waals surface area contributed by atoms with E-state index in [9.17, 15) is 10.1 Å². The van der Waals surface area contributed by atoms with Crippen molar-refractivity contribution in [1.82, 2.24) is 4.98 Å². The van der Waals surface area contributed by atoms with Crippen LogP contribution in [0.25, 0.3) is 0 Å². The number of nitrogens with zero attached hydrogens (tertiary/aromatic N) is 2. The number of hydrogen-bond acceptors (Lipinski definition) is 4. The molecule has 5 nitrogen and oxygen atoms in total. The molecule has 2 rings (SSSR count). The quantitative estimate of drug-likeness (QED) is 0.684. The fourth-order valence-electron chi connectivity index (χ4n) is 2.42. The summed E-state index contributed by atoms with van der Waals surface area (Å²) < 4.78 is 0.618. The Morgan fingerprint density at radius 2 is 2.22 bits per heavy atom. The van der Waals surface area contributed by atoms with Gasteiger partial charge < -0.3 is 5.32 Å². The van der Waals surface area contributed by atoms with Gasteiger partial charge in [0.2, 0.25) is 5.82 Å². The maximum Gasteiger partial charge on any atom is 0.312 e. The number of hydrogen-bond donors (Lipinski definition) is 1. The lowest BCUT2D eigenvalue weighted by Crippen LogP contribution is -2.25. The van der Waals surface area contributed by atoms with Crippen molar-refractivity contribution in [2.24, 2.45) is 11.8 Å². The van der Waals surface area contributed by atoms with Gasteiger partial charge in [0, 0.05) is 22.8 Å². The van der Waals surface area contributed by atoms with Crippen LogP contribution >= 0.6 is 15.9 Å². The lowest BCUT2D eigenvalue weighted by molar-refractivity contribution is -0.384. The van der Waals surface area contributed by atoms with Crippen LogP contribution in [0.3, 0.4) is 0 Å². The van der Waals surface area contributed by atoms with E-state index >= 15 is 0 Å². The molecule has 98 valence electrons. The van der Waals surface area contributed by atoms with Crippen LogP contribution in [-0.2, 0) is 0 Å². The molecule has 18 heavy (non-hydrogen) atoms. The predicted molar refractivity (Wildman–Crippen MR) is 73.6 cm³/mol. The van der Waals surface area contributed by atoms with Gasteiger partial charge in [-0.15, -0.1) is 0 Å². The molecule has 1 heterocycles. The molecule has 3 unspecified atom stereocenters. The van der Waals surface area contributed by atoms with Gasteiger partial charge in [0.1, 0.15) is 0 Å². The number of nitro groups is 1. The van der Waals surface area contributed by atoms with Crippen LogP contribution in [0.5, 0.6) is 0 Å². The molecule has 0 saturated heterocycles. The summed E-state index contributed by atoms with van der Waals surface area (Å²) in [5.74, 6) is 1.53. The standard InChI is InChI=1S/C12H16BrN3O2/c1-7-3-4-10(8(7)2)15-12-11(16(17)18)5-9(13)6-14-12/h5-8,10H,3-4H2,1-2H3,(H,14,15). The third-order valence-corrected chi connectivity index (χ3v) is 4.25. The fraction of sp³-hybridized carbons (Fsp3) is 0.583. The summed E-state index contributed by atoms with van der Waals surface area (Å²) in [6.07, 6.45) is 3.78. The average molecular weight is 314 g/mol. The average Bonchev–Trinajstić information content (AvgIpc) is 2.63. The highest BCUT2D eigenvalue weighted by Crippen LogP contribution is 2.35. The molecule has 0 bridgehead atoms. The molecule has 1 fully saturated rings. The first-order valence-electron chi connectivity index (χ1n) is 6.05. The molecule has 1 aromatic rings. The normalized spacial score (nSPS) is 27.2. The summed E-state index contributed by atoms with van der Waals surface area (Å²) in [6, 6.07) is 1.76. The van der Waals surface area contributed by atoms with Gasteiger partial charge >= 0.3 is 5.69 Å². The van der Waals surface area contributed by atoms with Gasteiger partial charge in [0.25, 0.3) is 0 Å². The number of pyridine rings is 1. The molecule has 0 aliphatic heterocycles. The van der Waals surface area contributed by atoms with E-state index in [1.807, 2.05) is 0 Å². The van der Waals surface area contributed by atoms with Crippen molar-refractivity contribution in [3.8, 4) is 0 Å². The van der Waals surface area contributed by atoms with Crippen molar-refractivity contribution >= 4 is 27.4 Å². The lowest BCUT2D eigenvalue weighted by atomic mass is 9.98. The zero-order valence-electron chi connectivity index (χ0n) is 10.4. The molecule has 0 spiro atoms. The monoisotopic (exact) mass is 313 g/mol. The second-order valence-corrected chi connectivity index (χ2v) is 5.86. The fourth-order valence-corrected chi connectivity index (χ4v) is 2.74. The van der Waals surface area contributed by atoms with Crippen LogP contribution in [0.4, 0.5) is 11.5 Å². The number of anilines is 1. The third-order valence-electron chi connectivity index (χ3n) is 3.82. The molecule has 1 aliphatic rings. The van der Waals surface area contributed by atoms with Crippen molar-refractivity contribution in [3.05, 3.63) is 26.9 Å². The Labute approximate surface area is 114 Å². The van der Waals surface area contributed by atoms with Crippen LogP contribution in [0.15, 0.2) is 16.7 Å². The molecule has 1 N–H and O–H groups in total. The van der Waals surface area contributed by atoms with Gasteiger partial charge in [0.15, 0.2) is 0 Å². The Morgan fingerprint density at radius 1 is 1.50 bits per heavy atom. The first-order valence-corrected chi connectivity index (χ1v) is 6.85. The molecule has 0 amide bonds. The molecule has 6 heteroatoms. The highest BCUT2D eigenvalue weighted by molar-refractivity contribution is 9.10. The summed E-state index contributed by atoms with van der Waals surface area (Å²) in [5.41, 5.74) is 0.0242.